The third-order valence-corrected chi connectivity index (χ3v) is 12.8. The first-order valence-electron chi connectivity index (χ1n) is 20.4. The molecule has 14 heteroatoms. The van der Waals surface area contributed by atoms with Gasteiger partial charge in [0.15, 0.2) is 0 Å². The molecule has 12 nitrogen and oxygen atoms in total. The van der Waals surface area contributed by atoms with E-state index in [1.165, 1.54) is 29.2 Å². The number of benzene rings is 5. The number of aliphatic hydroxyl groups is 1. The molecule has 0 radical (unpaired) electrons. The molecule has 6 atom stereocenters. The molecule has 1 saturated carbocycles. The first-order chi connectivity index (χ1) is 30.0. The molecule has 62 heavy (non-hydrogen) atoms. The summed E-state index contributed by atoms with van der Waals surface area (Å²) in [6.45, 7) is -0.307. The van der Waals surface area contributed by atoms with Crippen LogP contribution in [-0.2, 0) is 24.6 Å². The molecular formula is C48H42ClFN6O6. The van der Waals surface area contributed by atoms with Crippen LogP contribution in [0.1, 0.15) is 29.9 Å². The van der Waals surface area contributed by atoms with Gasteiger partial charge in [0.2, 0.25) is 11.8 Å². The van der Waals surface area contributed by atoms with E-state index in [0.717, 1.165) is 16.3 Å². The van der Waals surface area contributed by atoms with Crippen molar-refractivity contribution in [2.75, 3.05) is 42.5 Å². The number of hydrazine groups is 1. The van der Waals surface area contributed by atoms with Crippen LogP contribution < -0.4 is 20.0 Å². The SMILES string of the molecule is CN(C)c1ccc(N=Nc2ccc(N3C(=O)[C@H]4[C@H](CC=C5[C@H]4C[C@H]4C(=O)N(Nc6ccc(F)cc6)C(=O)[C@@]4(c4ccc(Cl)cc4)[C@H]5c4ccccc4OCCO)C3=O)cc2)cc1. The molecule has 4 amide bonds. The molecule has 0 unspecified atom stereocenters. The number of halogens is 2. The van der Waals surface area contributed by atoms with Crippen molar-refractivity contribution in [3.63, 3.8) is 0 Å². The van der Waals surface area contributed by atoms with E-state index in [4.69, 9.17) is 16.3 Å². The number of nitrogens with one attached hydrogen (secondary N) is 1. The van der Waals surface area contributed by atoms with E-state index >= 15 is 4.79 Å². The lowest BCUT2D eigenvalue weighted by atomic mass is 9.49. The number of azo groups is 1. The van der Waals surface area contributed by atoms with Crippen molar-refractivity contribution in [2.45, 2.75) is 24.2 Å². The predicted molar refractivity (Wildman–Crippen MR) is 232 cm³/mol. The monoisotopic (exact) mass is 852 g/mol. The summed E-state index contributed by atoms with van der Waals surface area (Å²) in [5, 5.41) is 19.9. The van der Waals surface area contributed by atoms with Gasteiger partial charge in [0.25, 0.3) is 11.8 Å². The number of anilines is 3. The highest BCUT2D eigenvalue weighted by molar-refractivity contribution is 6.30. The average molecular weight is 853 g/mol. The summed E-state index contributed by atoms with van der Waals surface area (Å²) in [7, 11) is 3.91. The Balaban J connectivity index is 1.12. The number of fused-ring (bicyclic) bond motifs is 4. The molecule has 5 aromatic rings. The van der Waals surface area contributed by atoms with Gasteiger partial charge >= 0.3 is 0 Å². The topological polar surface area (TPSA) is 144 Å². The highest BCUT2D eigenvalue weighted by atomic mass is 35.5. The molecule has 3 fully saturated rings. The molecule has 9 rings (SSSR count). The number of carbonyl (C=O) groups is 4. The van der Waals surface area contributed by atoms with Crippen LogP contribution in [0.5, 0.6) is 5.75 Å². The Bertz CT molecular complexity index is 2620. The summed E-state index contributed by atoms with van der Waals surface area (Å²) in [4.78, 5) is 62.9. The van der Waals surface area contributed by atoms with Crippen molar-refractivity contribution in [1.82, 2.24) is 5.01 Å². The molecule has 0 spiro atoms. The molecule has 2 N–H and O–H groups in total. The first-order valence-corrected chi connectivity index (χ1v) is 20.7. The Kier molecular flexibility index (Phi) is 10.7. The van der Waals surface area contributed by atoms with Gasteiger partial charge in [-0.25, -0.2) is 4.39 Å². The van der Waals surface area contributed by atoms with E-state index in [2.05, 4.69) is 15.7 Å². The molecule has 2 aliphatic heterocycles. The maximum Gasteiger partial charge on any atom is 0.260 e. The molecule has 5 aromatic carbocycles. The van der Waals surface area contributed by atoms with Crippen LogP contribution in [0.25, 0.3) is 0 Å². The summed E-state index contributed by atoms with van der Waals surface area (Å²) < 4.78 is 20.1. The fourth-order valence-electron chi connectivity index (χ4n) is 9.86. The minimum Gasteiger partial charge on any atom is -0.491 e. The van der Waals surface area contributed by atoms with Gasteiger partial charge in [-0.15, -0.1) is 0 Å². The fourth-order valence-corrected chi connectivity index (χ4v) is 9.99. The Morgan fingerprint density at radius 1 is 0.823 bits per heavy atom. The average Bonchev–Trinajstić information content (AvgIpc) is 3.66. The third-order valence-electron chi connectivity index (χ3n) is 12.6. The van der Waals surface area contributed by atoms with E-state index < -0.39 is 58.5 Å². The maximum absolute atomic E-state index is 15.5. The second-order valence-corrected chi connectivity index (χ2v) is 16.6. The number of allylic oxidation sites excluding steroid dienone is 2. The quantitative estimate of drug-likeness (QED) is 0.0765. The van der Waals surface area contributed by atoms with Crippen LogP contribution in [0.2, 0.25) is 5.02 Å². The smallest absolute Gasteiger partial charge is 0.260 e. The van der Waals surface area contributed by atoms with Crippen molar-refractivity contribution in [3.05, 3.63) is 155 Å². The van der Waals surface area contributed by atoms with Gasteiger partial charge in [-0.2, -0.15) is 15.2 Å². The zero-order valence-electron chi connectivity index (χ0n) is 33.8. The second-order valence-electron chi connectivity index (χ2n) is 16.1. The Labute approximate surface area is 362 Å². The largest absolute Gasteiger partial charge is 0.491 e. The van der Waals surface area contributed by atoms with Crippen molar-refractivity contribution in [3.8, 4) is 5.75 Å². The lowest BCUT2D eigenvalue weighted by Gasteiger charge is -2.50. The normalized spacial score (nSPS) is 24.2. The Hall–Kier alpha value is -6.70. The van der Waals surface area contributed by atoms with Gasteiger partial charge in [0.1, 0.15) is 18.2 Å². The van der Waals surface area contributed by atoms with Crippen molar-refractivity contribution >= 4 is 63.7 Å². The zero-order chi connectivity index (χ0) is 43.3. The van der Waals surface area contributed by atoms with Gasteiger partial charge in [-0.05, 0) is 115 Å². The summed E-state index contributed by atoms with van der Waals surface area (Å²) in [6.07, 6.45) is 2.25. The van der Waals surface area contributed by atoms with Gasteiger partial charge < -0.3 is 14.7 Å². The molecule has 314 valence electrons. The van der Waals surface area contributed by atoms with Gasteiger partial charge in [-0.1, -0.05) is 53.6 Å². The number of aliphatic hydroxyl groups excluding tert-OH is 1. The highest BCUT2D eigenvalue weighted by Crippen LogP contribution is 2.65. The summed E-state index contributed by atoms with van der Waals surface area (Å²) in [6, 6.07) is 33.7. The maximum atomic E-state index is 15.5. The molecule has 4 aliphatic rings. The molecule has 2 heterocycles. The van der Waals surface area contributed by atoms with E-state index in [1.807, 2.05) is 61.5 Å². The van der Waals surface area contributed by atoms with Crippen LogP contribution in [0.15, 0.2) is 143 Å². The number of amides is 4. The Morgan fingerprint density at radius 2 is 1.48 bits per heavy atom. The van der Waals surface area contributed by atoms with Crippen LogP contribution in [0.3, 0.4) is 0 Å². The Morgan fingerprint density at radius 3 is 2.15 bits per heavy atom. The van der Waals surface area contributed by atoms with E-state index in [1.54, 1.807) is 60.7 Å². The molecule has 0 aromatic heterocycles. The number of carbonyl (C=O) groups excluding carboxylic acids is 4. The van der Waals surface area contributed by atoms with Crippen LogP contribution >= 0.6 is 11.6 Å². The first kappa shape index (κ1) is 40.7. The molecule has 2 aliphatic carbocycles. The highest BCUT2D eigenvalue weighted by Gasteiger charge is 2.70. The number of nitrogens with zero attached hydrogens (tertiary/aromatic N) is 5. The summed E-state index contributed by atoms with van der Waals surface area (Å²) in [5.41, 5.74) is 6.14. The van der Waals surface area contributed by atoms with E-state index in [9.17, 15) is 23.9 Å². The number of hydrogen-bond donors (Lipinski definition) is 2. The van der Waals surface area contributed by atoms with Gasteiger partial charge in [0, 0.05) is 36.3 Å². The minimum atomic E-state index is -1.59. The van der Waals surface area contributed by atoms with Gasteiger partial charge in [-0.3, -0.25) is 29.5 Å². The van der Waals surface area contributed by atoms with E-state index in [-0.39, 0.29) is 32.0 Å². The van der Waals surface area contributed by atoms with Gasteiger partial charge in [0.05, 0.1) is 52.5 Å². The van der Waals surface area contributed by atoms with Crippen LogP contribution in [0, 0.1) is 29.5 Å². The standard InChI is InChI=1S/C48H42ClFN6O6/c1-54(2)34-19-15-31(16-20-34)51-52-32-17-21-35(22-18-32)55-44(58)38-24-23-36-39(42(38)46(55)60)27-40-45(59)56(53-33-13-11-30(50)12-14-33)47(61)48(40,28-7-9-29(49)10-8-28)43(36)37-5-3-4-6-41(37)62-26-25-57/h3-23,38-40,42-43,53,57H,24-27H2,1-2H3/t38-,39+,40-,42-,43+,48+/m0/s1. The number of ether oxygens (including phenoxy) is 1. The zero-order valence-corrected chi connectivity index (χ0v) is 34.6. The minimum absolute atomic E-state index is 0.0363. The number of hydrogen-bond acceptors (Lipinski definition) is 10. The third kappa shape index (κ3) is 6.81. The fraction of sp³-hybridized carbons (Fsp3) is 0.250. The molecular weight excluding hydrogens is 811 g/mol. The lowest BCUT2D eigenvalue weighted by molar-refractivity contribution is -0.138. The van der Waals surface area contributed by atoms with Crippen molar-refractivity contribution < 1.29 is 33.4 Å². The summed E-state index contributed by atoms with van der Waals surface area (Å²) in [5.74, 6) is -6.04. The molecule has 2 saturated heterocycles. The summed E-state index contributed by atoms with van der Waals surface area (Å²) >= 11 is 6.42. The van der Waals surface area contributed by atoms with E-state index in [0.29, 0.717) is 44.6 Å². The predicted octanol–water partition coefficient (Wildman–Crippen LogP) is 8.52. The van der Waals surface area contributed by atoms with Crippen molar-refractivity contribution in [1.29, 1.82) is 0 Å². The second kappa shape index (κ2) is 16.3. The molecule has 0 bridgehead atoms. The van der Waals surface area contributed by atoms with Crippen LogP contribution in [0.4, 0.5) is 32.8 Å². The lowest BCUT2D eigenvalue weighted by Crippen LogP contribution is -2.53. The number of imide groups is 2. The van der Waals surface area contributed by atoms with Crippen molar-refractivity contribution in [2.24, 2.45) is 33.9 Å². The van der Waals surface area contributed by atoms with Crippen LogP contribution in [-0.4, -0.2) is 61.1 Å². The number of rotatable bonds is 11. The number of para-hydroxylation sites is 1.